The third-order valence-corrected chi connectivity index (χ3v) is 20.1. The molecule has 18 nitrogen and oxygen atoms in total. The van der Waals surface area contributed by atoms with E-state index in [0.717, 1.165) is 0 Å². The van der Waals surface area contributed by atoms with E-state index < -0.39 is 30.7 Å². The second-order valence-electron chi connectivity index (χ2n) is 23.9. The maximum Gasteiger partial charge on any atom is 0.294 e. The molecule has 0 saturated carbocycles. The maximum absolute atomic E-state index is 13.8. The number of rotatable bonds is 15. The quantitative estimate of drug-likeness (QED) is 0.0287. The number of nitrogen functional groups attached to an aromatic ring is 1. The largest absolute Gasteiger partial charge is 0.360 e. The molecule has 2 aromatic heterocycles. The predicted octanol–water partition coefficient (Wildman–Crippen LogP) is 12.3. The summed E-state index contributed by atoms with van der Waals surface area (Å²) in [7, 11) is 2.95. The molecule has 2 aliphatic heterocycles. The van der Waals surface area contributed by atoms with E-state index in [4.69, 9.17) is 39.6 Å². The number of carbonyl (C=O) groups excluding carboxylic acids is 6. The number of nitrogens with one attached hydrogen (secondary N) is 1. The van der Waals surface area contributed by atoms with E-state index in [-0.39, 0.29) is 72.5 Å². The van der Waals surface area contributed by atoms with Gasteiger partial charge in [0.1, 0.15) is 0 Å². The van der Waals surface area contributed by atoms with E-state index in [1.807, 2.05) is 109 Å². The first-order valence-electron chi connectivity index (χ1n) is 31.0. The molecule has 0 spiro atoms. The van der Waals surface area contributed by atoms with Crippen LogP contribution in [0.5, 0.6) is 0 Å². The number of benzene rings is 8. The SMILES string of the molecule is C.C.C[C@@H]1CN(C(c2ccccc2)c2ccccc2)CCN1C(=O)c1cc2c(C(=O)C(=O)N(C)C)c[nH]c2cc1Cl.C[C@@H]1CN(C(c2ccccc2)c2ccccc2)CCN1C(=O)c1cc2c(C(=O)C(=O)N(C)C)cn(N)c2cc1Cl.NOP(=O)(c1ccccc1)c1ccccc1. The minimum absolute atomic E-state index is 0. The van der Waals surface area contributed by atoms with Gasteiger partial charge >= 0.3 is 0 Å². The van der Waals surface area contributed by atoms with Gasteiger partial charge in [0.2, 0.25) is 0 Å². The van der Waals surface area contributed by atoms with Gasteiger partial charge in [-0.25, -0.2) is 10.5 Å². The average Bonchev–Trinajstić information content (AvgIpc) is 1.73. The van der Waals surface area contributed by atoms with Gasteiger partial charge in [-0.1, -0.05) is 196 Å². The third-order valence-electron chi connectivity index (χ3n) is 17.2. The lowest BCUT2D eigenvalue weighted by molar-refractivity contribution is -0.124. The van der Waals surface area contributed by atoms with Crippen molar-refractivity contribution in [1.82, 2.24) is 39.1 Å². The summed E-state index contributed by atoms with van der Waals surface area (Å²) in [5.74, 6) is 8.22. The Kier molecular flexibility index (Phi) is 24.6. The highest BCUT2D eigenvalue weighted by molar-refractivity contribution is 7.74. The molecule has 12 rings (SSSR count). The van der Waals surface area contributed by atoms with Gasteiger partial charge in [-0.15, -0.1) is 0 Å². The number of Topliss-reactive ketones (excluding diaryl/α,β-unsaturated/α-hetero) is 2. The molecule has 2 saturated heterocycles. The fraction of sp³-hybridized carbons (Fsp3) is 0.237. The number of piperazine rings is 2. The van der Waals surface area contributed by atoms with Gasteiger partial charge in [-0.2, -0.15) is 0 Å². The first-order valence-corrected chi connectivity index (χ1v) is 33.4. The summed E-state index contributed by atoms with van der Waals surface area (Å²) in [5.41, 5.74) is 6.82. The Hall–Kier alpha value is -9.49. The first-order chi connectivity index (χ1) is 45.7. The standard InChI is InChI=1S/C31H32ClN5O3.C31H31ClN4O3.C12H12NO2P.2CH4/c1-20-18-35(28(21-10-6-4-7-11-21)22-12-8-5-9-13-22)14-15-36(20)30(39)24-16-23-25(29(38)31(40)34(2)3)19-37(33)27(23)17-26(24)32;1-20-19-35(28(21-10-6-4-7-11-21)22-12-8-5-9-13-22)14-15-36(20)30(38)24-16-23-25(29(37)31(39)34(2)3)18-33-27(23)17-26(24)32;13-15-16(14,11-7-3-1-4-8-11)12-9-5-2-6-10-12;;/h4-13,16-17,19-20,28H,14-15,18,33H2,1-3H3;4-13,16-18,20,28,33H,14-15,19H2,1-3H3;1-10H,13H2;2*1H4/t2*20-;;;/m11.../s1. The molecule has 21 heteroatoms. The van der Waals surface area contributed by atoms with E-state index >= 15 is 0 Å². The second-order valence-corrected chi connectivity index (χ2v) is 27.1. The van der Waals surface area contributed by atoms with Crippen LogP contribution >= 0.6 is 30.6 Å². The van der Waals surface area contributed by atoms with Crippen LogP contribution in [0.4, 0.5) is 0 Å². The molecule has 2 aliphatic rings. The van der Waals surface area contributed by atoms with Crippen molar-refractivity contribution in [1.29, 1.82) is 0 Å². The topological polar surface area (TPSA) is 221 Å². The molecular formula is C76H83Cl2N10O8P. The number of ketones is 2. The summed E-state index contributed by atoms with van der Waals surface area (Å²) in [6.07, 6.45) is 2.89. The molecule has 8 aromatic carbocycles. The van der Waals surface area contributed by atoms with E-state index in [9.17, 15) is 33.3 Å². The fourth-order valence-corrected chi connectivity index (χ4v) is 14.5. The molecule has 4 heterocycles. The molecule has 2 atom stereocenters. The molecule has 0 radical (unpaired) electrons. The van der Waals surface area contributed by atoms with Crippen molar-refractivity contribution in [2.75, 3.05) is 73.3 Å². The molecule has 5 N–H and O–H groups in total. The molecule has 504 valence electrons. The summed E-state index contributed by atoms with van der Waals surface area (Å²) < 4.78 is 18.7. The zero-order valence-electron chi connectivity index (χ0n) is 53.6. The summed E-state index contributed by atoms with van der Waals surface area (Å²) >= 11 is 13.2. The molecule has 0 bridgehead atoms. The van der Waals surface area contributed by atoms with Crippen molar-refractivity contribution >= 4 is 98.2 Å². The van der Waals surface area contributed by atoms with Crippen LogP contribution in [0, 0.1) is 0 Å². The van der Waals surface area contributed by atoms with Crippen molar-refractivity contribution in [2.45, 2.75) is 52.9 Å². The molecule has 0 unspecified atom stereocenters. The number of aromatic amines is 1. The van der Waals surface area contributed by atoms with Gasteiger partial charge in [-0.3, -0.25) is 47.8 Å². The summed E-state index contributed by atoms with van der Waals surface area (Å²) in [4.78, 5) is 91.9. The zero-order chi connectivity index (χ0) is 67.7. The van der Waals surface area contributed by atoms with E-state index in [2.05, 4.69) is 87.6 Å². The third kappa shape index (κ3) is 16.0. The normalized spacial score (nSPS) is 14.9. The number of nitrogens with zero attached hydrogens (tertiary/aromatic N) is 7. The molecule has 2 fully saturated rings. The van der Waals surface area contributed by atoms with Crippen LogP contribution in [0.3, 0.4) is 0 Å². The van der Waals surface area contributed by atoms with Crippen LogP contribution in [-0.2, 0) is 18.8 Å². The molecule has 4 amide bonds. The highest BCUT2D eigenvalue weighted by atomic mass is 35.5. The van der Waals surface area contributed by atoms with E-state index in [1.165, 1.54) is 77.3 Å². The van der Waals surface area contributed by atoms with Crippen molar-refractivity contribution in [3.05, 3.63) is 273 Å². The Morgan fingerprint density at radius 2 is 0.856 bits per heavy atom. The smallest absolute Gasteiger partial charge is 0.294 e. The van der Waals surface area contributed by atoms with E-state index in [1.54, 1.807) is 48.5 Å². The average molecular weight is 1370 g/mol. The number of likely N-dealkylation sites (N-methyl/N-ethyl adjacent to an activating group) is 2. The number of fused-ring (bicyclic) bond motifs is 2. The van der Waals surface area contributed by atoms with Crippen LogP contribution in [0.1, 0.15) is 104 Å². The zero-order valence-corrected chi connectivity index (χ0v) is 56.0. The Bertz CT molecular complexity index is 4310. The number of halogens is 2. The van der Waals surface area contributed by atoms with Gasteiger partial charge in [-0.05, 0) is 84.6 Å². The Labute approximate surface area is 577 Å². The van der Waals surface area contributed by atoms with Crippen LogP contribution < -0.4 is 22.3 Å². The van der Waals surface area contributed by atoms with Crippen LogP contribution in [0.25, 0.3) is 21.8 Å². The predicted molar refractivity (Wildman–Crippen MR) is 389 cm³/mol. The number of aromatic nitrogens is 2. The van der Waals surface area contributed by atoms with Crippen molar-refractivity contribution in [3.63, 3.8) is 0 Å². The number of hydrogen-bond donors (Lipinski definition) is 3. The Balaban J connectivity index is 0.000000199. The second kappa shape index (κ2) is 32.5. The van der Waals surface area contributed by atoms with Gasteiger partial charge in [0.25, 0.3) is 42.6 Å². The summed E-state index contributed by atoms with van der Waals surface area (Å²) in [5, 5.41) is 2.65. The lowest BCUT2D eigenvalue weighted by Crippen LogP contribution is -2.54. The fourth-order valence-electron chi connectivity index (χ4n) is 12.4. The van der Waals surface area contributed by atoms with Gasteiger partial charge in [0.15, 0.2) is 0 Å². The van der Waals surface area contributed by atoms with E-state index in [0.29, 0.717) is 82.3 Å². The van der Waals surface area contributed by atoms with Gasteiger partial charge in [0.05, 0.1) is 49.9 Å². The molecule has 0 aliphatic carbocycles. The highest BCUT2D eigenvalue weighted by Crippen LogP contribution is 2.42. The monoisotopic (exact) mass is 1360 g/mol. The van der Waals surface area contributed by atoms with Crippen molar-refractivity contribution in [3.8, 4) is 0 Å². The molecule has 97 heavy (non-hydrogen) atoms. The number of hydrogen-bond acceptors (Lipinski definition) is 12. The van der Waals surface area contributed by atoms with Gasteiger partial charge < -0.3 is 30.4 Å². The Morgan fingerprint density at radius 1 is 0.505 bits per heavy atom. The van der Waals surface area contributed by atoms with Crippen molar-refractivity contribution < 1.29 is 38.0 Å². The Morgan fingerprint density at radius 3 is 1.22 bits per heavy atom. The maximum atomic E-state index is 13.8. The summed E-state index contributed by atoms with van der Waals surface area (Å²) in [6.45, 7) is 7.83. The summed E-state index contributed by atoms with van der Waals surface area (Å²) in [6, 6.07) is 65.9. The first kappa shape index (κ1) is 73.3. The lowest BCUT2D eigenvalue weighted by Gasteiger charge is -2.43. The number of H-pyrrole nitrogens is 1. The van der Waals surface area contributed by atoms with Crippen molar-refractivity contribution in [2.24, 2.45) is 5.90 Å². The molecule has 10 aromatic rings. The minimum atomic E-state index is -3.13. The lowest BCUT2D eigenvalue weighted by atomic mass is 9.95. The minimum Gasteiger partial charge on any atom is -0.360 e. The highest BCUT2D eigenvalue weighted by Gasteiger charge is 2.37. The van der Waals surface area contributed by atoms with Crippen LogP contribution in [0.15, 0.2) is 219 Å². The number of amides is 4. The van der Waals surface area contributed by atoms with Crippen LogP contribution in [0.2, 0.25) is 10.0 Å². The number of nitrogens with two attached hydrogens (primary N) is 2. The number of carbonyl (C=O) groups is 6. The molecular weight excluding hydrogens is 1280 g/mol. The van der Waals surface area contributed by atoms with Crippen LogP contribution in [-0.4, -0.2) is 154 Å². The van der Waals surface area contributed by atoms with Gasteiger partial charge in [0, 0.05) is 119 Å².